The molecule has 5 amide bonds. The maximum Gasteiger partial charge on any atom is 0.408 e. The summed E-state index contributed by atoms with van der Waals surface area (Å²) in [7, 11) is 6.62. The molecular formula is C52H74Cl2N12O8. The molecule has 4 heterocycles. The van der Waals surface area contributed by atoms with Crippen molar-refractivity contribution in [2.24, 2.45) is 5.73 Å². The first-order valence-electron chi connectivity index (χ1n) is 24.6. The number of halogens is 2. The molecule has 0 saturated carbocycles. The lowest BCUT2D eigenvalue weighted by molar-refractivity contribution is -0.131. The van der Waals surface area contributed by atoms with E-state index in [0.29, 0.717) is 80.1 Å². The molecule has 0 radical (unpaired) electrons. The second-order valence-corrected chi connectivity index (χ2v) is 20.3. The number of alkyl halides is 2. The van der Waals surface area contributed by atoms with Crippen molar-refractivity contribution >= 4 is 76.5 Å². The summed E-state index contributed by atoms with van der Waals surface area (Å²) in [4.78, 5) is 88.3. The van der Waals surface area contributed by atoms with Crippen LogP contribution in [0.5, 0.6) is 11.5 Å². The molecule has 20 nitrogen and oxygen atoms in total. The quantitative estimate of drug-likeness (QED) is 0.0683. The number of hydrogen-bond donors (Lipinski definition) is 4. The van der Waals surface area contributed by atoms with Gasteiger partial charge in [-0.05, 0) is 134 Å². The minimum atomic E-state index is -0.812. The molecule has 0 bridgehead atoms. The van der Waals surface area contributed by atoms with Gasteiger partial charge in [-0.3, -0.25) is 29.0 Å². The number of carbonyl (C=O) groups excluding carboxylic acids is 5. The average molecular weight is 1070 g/mol. The number of nitrogens with one attached hydrogen (secondary N) is 3. The van der Waals surface area contributed by atoms with Gasteiger partial charge in [0.1, 0.15) is 34.8 Å². The number of amides is 5. The van der Waals surface area contributed by atoms with Crippen LogP contribution in [0.15, 0.2) is 60.9 Å². The van der Waals surface area contributed by atoms with Gasteiger partial charge >= 0.3 is 6.09 Å². The summed E-state index contributed by atoms with van der Waals surface area (Å²) in [5, 5.41) is 9.21. The molecule has 22 heteroatoms. The van der Waals surface area contributed by atoms with E-state index < -0.39 is 23.8 Å². The number of hydrogen-bond acceptors (Lipinski definition) is 15. The molecule has 2 aromatic heterocycles. The summed E-state index contributed by atoms with van der Waals surface area (Å²) < 4.78 is 16.5. The van der Waals surface area contributed by atoms with Crippen LogP contribution >= 0.6 is 23.2 Å². The van der Waals surface area contributed by atoms with Crippen molar-refractivity contribution in [3.8, 4) is 11.5 Å². The minimum absolute atomic E-state index is 0.109. The van der Waals surface area contributed by atoms with E-state index >= 15 is 0 Å². The first kappa shape index (κ1) is 60.0. The van der Waals surface area contributed by atoms with Crippen LogP contribution in [-0.2, 0) is 27.2 Å². The summed E-state index contributed by atoms with van der Waals surface area (Å²) in [6.07, 6.45) is 5.81. The standard InChI is InChI=1S/C28H40N6O5.C23H32N6O3.CH2Cl2/c1-18(2)30-26-29-14-12-23(32-26)34(24(35)20-10-11-22-19(17-20)13-16-38-22)15-8-9-21(25(36)33(6)7)31-27(37)39-28(3,4)5;1-15(2)26-23-25-11-9-20(27-23)29(12-5-6-18(24)22(31)28(3)4)21(30)17-7-8-19-16(14-17)10-13-32-19;2-1-3/h10-12,14,17-18,21H,8-9,13,15-16H2,1-7H3,(H,31,37)(H,29,30,32);7-9,11,14-15,18H,5-6,10,12-13,24H2,1-4H3,(H,25,26,27);1H2/t21-;18-;/m00./s1. The van der Waals surface area contributed by atoms with Crippen molar-refractivity contribution in [1.29, 1.82) is 0 Å². The minimum Gasteiger partial charge on any atom is -0.493 e. The Morgan fingerprint density at radius 1 is 0.689 bits per heavy atom. The number of carbonyl (C=O) groups is 5. The van der Waals surface area contributed by atoms with Crippen molar-refractivity contribution in [3.05, 3.63) is 83.2 Å². The van der Waals surface area contributed by atoms with Gasteiger partial charge in [0.25, 0.3) is 11.8 Å². The summed E-state index contributed by atoms with van der Waals surface area (Å²) in [5.41, 5.74) is 8.43. The molecule has 2 aliphatic heterocycles. The van der Waals surface area contributed by atoms with Crippen LogP contribution in [0.1, 0.15) is 106 Å². The first-order chi connectivity index (χ1) is 35.0. The Labute approximate surface area is 445 Å². The van der Waals surface area contributed by atoms with Gasteiger partial charge in [-0.1, -0.05) is 0 Å². The van der Waals surface area contributed by atoms with E-state index in [0.717, 1.165) is 35.5 Å². The van der Waals surface area contributed by atoms with E-state index in [-0.39, 0.29) is 47.6 Å². The van der Waals surface area contributed by atoms with Gasteiger partial charge in [-0.25, -0.2) is 14.8 Å². The molecule has 5 N–H and O–H groups in total. The first-order valence-corrected chi connectivity index (χ1v) is 25.7. The highest BCUT2D eigenvalue weighted by Gasteiger charge is 2.28. The number of aromatic nitrogens is 4. The molecule has 0 saturated heterocycles. The molecule has 404 valence electrons. The SMILES string of the molecule is CC(C)Nc1nccc(N(CCC[C@H](N)C(=O)N(C)C)C(=O)c2ccc3c(c2)CCO3)n1.CC(C)Nc1nccc(N(CCC[C@H](NC(=O)OC(C)(C)C)C(=O)N(C)C)C(=O)c2ccc3c(c2)CCO3)n1.ClCCl. The number of ether oxygens (including phenoxy) is 3. The van der Waals surface area contributed by atoms with E-state index in [1.807, 2.05) is 52.0 Å². The number of nitrogens with zero attached hydrogens (tertiary/aromatic N) is 8. The Morgan fingerprint density at radius 3 is 1.53 bits per heavy atom. The molecule has 2 aliphatic rings. The predicted molar refractivity (Wildman–Crippen MR) is 290 cm³/mol. The third-order valence-electron chi connectivity index (χ3n) is 11.0. The summed E-state index contributed by atoms with van der Waals surface area (Å²) >= 11 is 9.53. The fourth-order valence-electron chi connectivity index (χ4n) is 7.64. The lowest BCUT2D eigenvalue weighted by Gasteiger charge is -2.26. The van der Waals surface area contributed by atoms with E-state index in [9.17, 15) is 24.0 Å². The topological polar surface area (TPSA) is 240 Å². The molecule has 0 spiro atoms. The van der Waals surface area contributed by atoms with Crippen molar-refractivity contribution in [2.75, 3.05) is 80.3 Å². The van der Waals surface area contributed by atoms with E-state index in [1.54, 1.807) is 95.4 Å². The number of likely N-dealkylation sites (N-methyl/N-ethyl adjacent to an activating group) is 2. The largest absolute Gasteiger partial charge is 0.493 e. The summed E-state index contributed by atoms with van der Waals surface area (Å²) in [6.45, 7) is 15.1. The Balaban J connectivity index is 0.000000309. The van der Waals surface area contributed by atoms with Gasteiger partial charge in [0.15, 0.2) is 0 Å². The van der Waals surface area contributed by atoms with Gasteiger partial charge < -0.3 is 45.7 Å². The number of anilines is 4. The monoisotopic (exact) mass is 1060 g/mol. The van der Waals surface area contributed by atoms with Crippen LogP contribution in [0, 0.1) is 0 Å². The lowest BCUT2D eigenvalue weighted by Crippen LogP contribution is -2.48. The fraction of sp³-hybridized carbons (Fsp3) is 0.519. The maximum atomic E-state index is 13.8. The van der Waals surface area contributed by atoms with Crippen LogP contribution < -0.4 is 41.0 Å². The van der Waals surface area contributed by atoms with Gasteiger partial charge in [0, 0.05) is 89.7 Å². The second-order valence-electron chi connectivity index (χ2n) is 19.5. The molecule has 0 aliphatic carbocycles. The van der Waals surface area contributed by atoms with Gasteiger partial charge in [-0.2, -0.15) is 9.97 Å². The maximum absolute atomic E-state index is 13.8. The lowest BCUT2D eigenvalue weighted by atomic mass is 10.1. The van der Waals surface area contributed by atoms with Crippen LogP contribution in [0.4, 0.5) is 28.3 Å². The number of alkyl carbamates (subject to hydrolysis) is 1. The van der Waals surface area contributed by atoms with Gasteiger partial charge in [-0.15, -0.1) is 23.2 Å². The van der Waals surface area contributed by atoms with Crippen LogP contribution in [0.25, 0.3) is 0 Å². The zero-order chi connectivity index (χ0) is 54.7. The number of nitrogens with two attached hydrogens (primary N) is 1. The zero-order valence-corrected chi connectivity index (χ0v) is 46.0. The van der Waals surface area contributed by atoms with E-state index in [4.69, 9.17) is 43.1 Å². The molecule has 2 atom stereocenters. The number of rotatable bonds is 19. The van der Waals surface area contributed by atoms with Crippen molar-refractivity contribution in [2.45, 2.75) is 117 Å². The molecule has 4 aromatic rings. The smallest absolute Gasteiger partial charge is 0.408 e. The van der Waals surface area contributed by atoms with Crippen LogP contribution in [0.3, 0.4) is 0 Å². The Kier molecular flexibility index (Phi) is 23.4. The highest BCUT2D eigenvalue weighted by molar-refractivity contribution is 6.40. The normalized spacial score (nSPS) is 13.0. The van der Waals surface area contributed by atoms with E-state index in [1.165, 1.54) is 9.80 Å². The van der Waals surface area contributed by atoms with Crippen molar-refractivity contribution < 1.29 is 38.2 Å². The molecular weight excluding hydrogens is 992 g/mol. The van der Waals surface area contributed by atoms with Crippen molar-refractivity contribution in [3.63, 3.8) is 0 Å². The molecule has 0 fully saturated rings. The zero-order valence-electron chi connectivity index (χ0n) is 44.5. The van der Waals surface area contributed by atoms with E-state index in [2.05, 4.69) is 35.9 Å². The van der Waals surface area contributed by atoms with Gasteiger partial charge in [0.2, 0.25) is 23.7 Å². The fourth-order valence-corrected chi connectivity index (χ4v) is 7.64. The molecule has 0 unspecified atom stereocenters. The van der Waals surface area contributed by atoms with Crippen molar-refractivity contribution in [1.82, 2.24) is 35.1 Å². The summed E-state index contributed by atoms with van der Waals surface area (Å²) in [6, 6.07) is 13.1. The Bertz CT molecular complexity index is 2510. The third kappa shape index (κ3) is 18.8. The molecule has 6 rings (SSSR count). The van der Waals surface area contributed by atoms with Crippen LogP contribution in [0.2, 0.25) is 0 Å². The third-order valence-corrected chi connectivity index (χ3v) is 11.0. The highest BCUT2D eigenvalue weighted by Crippen LogP contribution is 2.29. The highest BCUT2D eigenvalue weighted by atomic mass is 35.5. The predicted octanol–water partition coefficient (Wildman–Crippen LogP) is 7.14. The average Bonchev–Trinajstić information content (AvgIpc) is 4.02. The number of fused-ring (bicyclic) bond motifs is 2. The number of benzene rings is 2. The van der Waals surface area contributed by atoms with Crippen LogP contribution in [-0.4, -0.2) is 149 Å². The Morgan fingerprint density at radius 2 is 1.12 bits per heavy atom. The molecule has 2 aromatic carbocycles. The second kappa shape index (κ2) is 28.8. The van der Waals surface area contributed by atoms with Gasteiger partial charge in [0.05, 0.1) is 24.6 Å². The Hall–Kier alpha value is -6.51. The summed E-state index contributed by atoms with van der Waals surface area (Å²) in [5.74, 6) is 2.63. The molecule has 74 heavy (non-hydrogen) atoms.